The Labute approximate surface area is 198 Å². The zero-order valence-electron chi connectivity index (χ0n) is 21.7. The molecule has 0 aromatic heterocycles. The van der Waals surface area contributed by atoms with Crippen LogP contribution in [0.15, 0.2) is 0 Å². The summed E-state index contributed by atoms with van der Waals surface area (Å²) < 4.78 is 18.5. The summed E-state index contributed by atoms with van der Waals surface area (Å²) in [5.41, 5.74) is -0.000703. The number of carbonyl (C=O) groups is 1. The van der Waals surface area contributed by atoms with Gasteiger partial charge >= 0.3 is 5.97 Å². The summed E-state index contributed by atoms with van der Waals surface area (Å²) in [5.74, 6) is 0.546. The second-order valence-corrected chi connectivity index (χ2v) is 13.4. The molecule has 4 unspecified atom stereocenters. The predicted octanol–water partition coefficient (Wildman–Crippen LogP) is 4.49. The topological polar surface area (TPSA) is 66.5 Å². The fourth-order valence-electron chi connectivity index (χ4n) is 7.76. The van der Waals surface area contributed by atoms with Crippen LogP contribution < -0.4 is 0 Å². The molecule has 5 aliphatic rings. The van der Waals surface area contributed by atoms with Gasteiger partial charge in [-0.15, -0.1) is 0 Å². The number of esters is 1. The van der Waals surface area contributed by atoms with E-state index in [1.54, 1.807) is 5.23 Å². The van der Waals surface area contributed by atoms with Gasteiger partial charge in [0.25, 0.3) is 0 Å². The van der Waals surface area contributed by atoms with Gasteiger partial charge in [0.15, 0.2) is 12.4 Å². The first kappa shape index (κ1) is 24.0. The van der Waals surface area contributed by atoms with Gasteiger partial charge < -0.3 is 14.2 Å². The largest absolute Gasteiger partial charge is 0.467 e. The molecule has 9 atom stereocenters. The first-order chi connectivity index (χ1) is 15.3. The molecule has 0 aromatic rings. The van der Waals surface area contributed by atoms with E-state index in [4.69, 9.17) is 23.9 Å². The maximum absolute atomic E-state index is 12.4. The van der Waals surface area contributed by atoms with Crippen molar-refractivity contribution < 1.29 is 28.7 Å². The summed E-state index contributed by atoms with van der Waals surface area (Å²) in [4.78, 5) is 24.7. The van der Waals surface area contributed by atoms with Crippen LogP contribution in [0, 0.1) is 34.0 Å². The Morgan fingerprint density at radius 2 is 1.79 bits per heavy atom. The number of hydrogen-bond acceptors (Lipinski definition) is 7. The Morgan fingerprint density at radius 1 is 1.06 bits per heavy atom. The molecule has 0 amide bonds. The summed E-state index contributed by atoms with van der Waals surface area (Å²) in [7, 11) is 1.42. The molecule has 0 spiro atoms. The number of carbonyl (C=O) groups excluding carboxylic acids is 1. The molecular formula is C26H43NO6. The molecule has 188 valence electrons. The van der Waals surface area contributed by atoms with Crippen LogP contribution in [0.1, 0.15) is 80.6 Å². The SMILES string of the molecule is COC(=O)[C@H]1ON2OC(OC3C4CC[C@@](C)(C3OCC(C)(C)C)C4(C)C)C[C@@H]3CC[C@H]1[C@@]32C. The average molecular weight is 466 g/mol. The van der Waals surface area contributed by atoms with Crippen molar-refractivity contribution in [3.63, 3.8) is 0 Å². The molecule has 2 heterocycles. The Balaban J connectivity index is 1.35. The Hall–Kier alpha value is -0.730. The summed E-state index contributed by atoms with van der Waals surface area (Å²) >= 11 is 0. The highest BCUT2D eigenvalue weighted by Gasteiger charge is 2.69. The van der Waals surface area contributed by atoms with Crippen molar-refractivity contribution in [2.24, 2.45) is 34.0 Å². The molecule has 7 nitrogen and oxygen atoms in total. The highest BCUT2D eigenvalue weighted by atomic mass is 17.0. The number of fused-ring (bicyclic) bond motifs is 2. The van der Waals surface area contributed by atoms with Crippen molar-refractivity contribution in [1.29, 1.82) is 0 Å². The molecule has 5 rings (SSSR count). The Bertz CT molecular complexity index is 794. The van der Waals surface area contributed by atoms with Crippen molar-refractivity contribution >= 4 is 5.97 Å². The lowest BCUT2D eigenvalue weighted by atomic mass is 9.70. The van der Waals surface area contributed by atoms with E-state index in [9.17, 15) is 4.79 Å². The zero-order chi connectivity index (χ0) is 24.0. The minimum absolute atomic E-state index is 0.00772. The van der Waals surface area contributed by atoms with Crippen molar-refractivity contribution in [3.8, 4) is 0 Å². The van der Waals surface area contributed by atoms with Crippen molar-refractivity contribution in [3.05, 3.63) is 0 Å². The molecule has 0 radical (unpaired) electrons. The Morgan fingerprint density at radius 3 is 2.45 bits per heavy atom. The van der Waals surface area contributed by atoms with Gasteiger partial charge in [0.2, 0.25) is 0 Å². The minimum Gasteiger partial charge on any atom is -0.467 e. The number of hydroxylamine groups is 2. The lowest BCUT2D eigenvalue weighted by molar-refractivity contribution is -0.464. The molecule has 0 aromatic carbocycles. The summed E-state index contributed by atoms with van der Waals surface area (Å²) in [5, 5.41) is 1.59. The molecule has 2 aliphatic heterocycles. The first-order valence-electron chi connectivity index (χ1n) is 12.8. The second-order valence-electron chi connectivity index (χ2n) is 13.4. The van der Waals surface area contributed by atoms with Gasteiger partial charge in [0.05, 0.1) is 31.5 Å². The van der Waals surface area contributed by atoms with E-state index < -0.39 is 12.4 Å². The van der Waals surface area contributed by atoms with Crippen LogP contribution in [0.3, 0.4) is 0 Å². The van der Waals surface area contributed by atoms with Gasteiger partial charge in [-0.2, -0.15) is 0 Å². The highest BCUT2D eigenvalue weighted by Crippen LogP contribution is 2.67. The van der Waals surface area contributed by atoms with E-state index in [1.165, 1.54) is 13.5 Å². The van der Waals surface area contributed by atoms with Crippen LogP contribution in [0.2, 0.25) is 0 Å². The third-order valence-electron chi connectivity index (χ3n) is 10.2. The standard InChI is InChI=1S/C26H43NO6/c1-23(2,3)14-30-21-19(16-11-12-25(21,6)24(16,4)5)31-18-13-15-9-10-17-20(22(28)29-8)33-27(32-18)26(15,17)7/h15-21H,9-14H2,1-8H3/t15-,16?,17+,18?,19?,20-,21?,25-,26+/m0/s1. The fourth-order valence-corrected chi connectivity index (χ4v) is 7.76. The maximum Gasteiger partial charge on any atom is 0.337 e. The van der Waals surface area contributed by atoms with E-state index in [-0.39, 0.29) is 45.9 Å². The van der Waals surface area contributed by atoms with Gasteiger partial charge in [-0.25, -0.2) is 9.63 Å². The smallest absolute Gasteiger partial charge is 0.337 e. The number of methoxy groups -OCH3 is 1. The van der Waals surface area contributed by atoms with Gasteiger partial charge in [0, 0.05) is 17.8 Å². The third kappa shape index (κ3) is 3.36. The van der Waals surface area contributed by atoms with Crippen LogP contribution >= 0.6 is 0 Å². The summed E-state index contributed by atoms with van der Waals surface area (Å²) in [6, 6.07) is 0. The van der Waals surface area contributed by atoms with E-state index in [1.807, 2.05) is 0 Å². The molecule has 5 fully saturated rings. The van der Waals surface area contributed by atoms with Crippen molar-refractivity contribution in [2.45, 2.75) is 111 Å². The first-order valence-corrected chi connectivity index (χ1v) is 12.8. The van der Waals surface area contributed by atoms with Gasteiger partial charge in [-0.3, -0.25) is 4.84 Å². The minimum atomic E-state index is -0.605. The van der Waals surface area contributed by atoms with Crippen LogP contribution in [-0.2, 0) is 28.7 Å². The lowest BCUT2D eigenvalue weighted by Gasteiger charge is -2.46. The van der Waals surface area contributed by atoms with Crippen molar-refractivity contribution in [1.82, 2.24) is 5.23 Å². The summed E-state index contributed by atoms with van der Waals surface area (Å²) in [6.45, 7) is 16.7. The van der Waals surface area contributed by atoms with Gasteiger partial charge in [0.1, 0.15) is 0 Å². The fraction of sp³-hybridized carbons (Fsp3) is 0.962. The predicted molar refractivity (Wildman–Crippen MR) is 122 cm³/mol. The second kappa shape index (κ2) is 7.63. The molecule has 2 saturated heterocycles. The molecule has 2 bridgehead atoms. The summed E-state index contributed by atoms with van der Waals surface area (Å²) in [6.07, 6.45) is 4.14. The van der Waals surface area contributed by atoms with Crippen LogP contribution in [0.5, 0.6) is 0 Å². The Kier molecular flexibility index (Phi) is 5.55. The molecule has 33 heavy (non-hydrogen) atoms. The van der Waals surface area contributed by atoms with Crippen LogP contribution in [0.25, 0.3) is 0 Å². The van der Waals surface area contributed by atoms with Gasteiger partial charge in [-0.1, -0.05) is 46.8 Å². The average Bonchev–Trinajstić information content (AvgIpc) is 3.34. The molecular weight excluding hydrogens is 422 g/mol. The van der Waals surface area contributed by atoms with Crippen LogP contribution in [-0.4, -0.2) is 55.1 Å². The lowest BCUT2D eigenvalue weighted by Crippen LogP contribution is -2.55. The molecule has 3 aliphatic carbocycles. The zero-order valence-corrected chi connectivity index (χ0v) is 21.7. The quantitative estimate of drug-likeness (QED) is 0.554. The van der Waals surface area contributed by atoms with Crippen LogP contribution in [0.4, 0.5) is 0 Å². The van der Waals surface area contributed by atoms with E-state index in [0.717, 1.165) is 25.7 Å². The van der Waals surface area contributed by atoms with Crippen molar-refractivity contribution in [2.75, 3.05) is 13.7 Å². The monoisotopic (exact) mass is 465 g/mol. The van der Waals surface area contributed by atoms with E-state index in [2.05, 4.69) is 48.5 Å². The van der Waals surface area contributed by atoms with Gasteiger partial charge in [-0.05, 0) is 55.3 Å². The molecule has 7 heteroatoms. The van der Waals surface area contributed by atoms with E-state index >= 15 is 0 Å². The number of rotatable bonds is 5. The highest BCUT2D eigenvalue weighted by molar-refractivity contribution is 5.75. The normalized spacial score (nSPS) is 48.3. The molecule has 0 N–H and O–H groups in total. The number of nitrogens with zero attached hydrogens (tertiary/aromatic N) is 1. The molecule has 3 saturated carbocycles. The van der Waals surface area contributed by atoms with E-state index in [0.29, 0.717) is 18.4 Å². The number of hydrogen-bond donors (Lipinski definition) is 0. The third-order valence-corrected chi connectivity index (χ3v) is 10.2. The number of ether oxygens (including phenoxy) is 3. The maximum atomic E-state index is 12.4.